The molecule has 4 aliphatic rings. The molecule has 26 N–H and O–H groups in total. The van der Waals surface area contributed by atoms with Crippen LogP contribution in [0.25, 0.3) is 0 Å². The van der Waals surface area contributed by atoms with Crippen LogP contribution in [-0.2, 0) is 32.5 Å². The minimum Gasteiger partial charge on any atom is -0.393 e. The third-order valence-electron chi connectivity index (χ3n) is 17.6. The molecular formula is C57H93N3O29Si3. The quantitative estimate of drug-likeness (QED) is 0.0526. The van der Waals surface area contributed by atoms with Gasteiger partial charge in [-0.05, 0) is 72.4 Å². The van der Waals surface area contributed by atoms with Crippen LogP contribution in [0.3, 0.4) is 0 Å². The maximum atomic E-state index is 11.1. The molecule has 0 spiro atoms. The summed E-state index contributed by atoms with van der Waals surface area (Å²) in [6.45, 7) is 0.859. The Balaban J connectivity index is 1.05. The van der Waals surface area contributed by atoms with E-state index in [-0.39, 0.29) is 51.4 Å². The van der Waals surface area contributed by atoms with Crippen molar-refractivity contribution >= 4 is 43.5 Å². The lowest BCUT2D eigenvalue weighted by atomic mass is 9.88. The largest absolute Gasteiger partial charge is 0.496 e. The average molecular weight is 1370 g/mol. The van der Waals surface area contributed by atoms with E-state index >= 15 is 0 Å². The zero-order valence-corrected chi connectivity index (χ0v) is 53.2. The van der Waals surface area contributed by atoms with E-state index in [9.17, 15) is 131 Å². The number of hydrogen-bond donors (Lipinski definition) is 26. The van der Waals surface area contributed by atoms with Crippen LogP contribution in [0, 0.1) is 0 Å². The predicted octanol–water partition coefficient (Wildman–Crippen LogP) is -9.06. The van der Waals surface area contributed by atoms with Gasteiger partial charge in [0.25, 0.3) is 0 Å². The SMILES string of the molecule is OC1C[C@H](O)CC(O)[C@H](O)C(O)C(O)CC1O[Si](O)(O)CCc1ccc(N2CN(c3ccc(CC[Si](O)(O)O[C@@H]4CC(O)[C@H](O)C(O)C(O)C(O)C(O)[C@H](O)C4)cc3)CN(c3ccc(CC[Si](O)(O)O[C@@H]4C(O)CC(O)C(O)C(O)[C@H](O)C(O)CC4O)cc3)C2)cc1. The fourth-order valence-corrected chi connectivity index (χ4v) is 16.3. The Kier molecular flexibility index (Phi) is 27.0. The van der Waals surface area contributed by atoms with E-state index in [1.807, 2.05) is 14.7 Å². The van der Waals surface area contributed by atoms with Crippen LogP contribution < -0.4 is 14.7 Å². The van der Waals surface area contributed by atoms with Crippen molar-refractivity contribution in [2.75, 3.05) is 34.7 Å². The second-order valence-electron chi connectivity index (χ2n) is 25.1. The summed E-state index contributed by atoms with van der Waals surface area (Å²) in [4.78, 5) is 72.8. The van der Waals surface area contributed by atoms with Gasteiger partial charge in [0, 0.05) is 80.1 Å². The Morgan fingerprint density at radius 2 is 0.565 bits per heavy atom. The molecular weight excluding hydrogens is 1270 g/mol. The number of benzene rings is 3. The van der Waals surface area contributed by atoms with Crippen LogP contribution in [0.5, 0.6) is 0 Å². The van der Waals surface area contributed by atoms with Gasteiger partial charge >= 0.3 is 26.4 Å². The molecule has 0 radical (unpaired) electrons. The Bertz CT molecular complexity index is 2660. The van der Waals surface area contributed by atoms with Crippen molar-refractivity contribution in [2.45, 2.75) is 223 Å². The standard InChI is InChI=1S/C57H93N3O29Si3/c61-35-19-37(62)46(25-43(68)48(72)47(71)38(63)20-35)88-91(83,84)17-14-30-3-9-33(10-4-30)59-26-58(32-7-1-29(2-8-32)13-16-90(81,82)87-36-21-39(64)49(73)54(78)56(80)55(79)50(74)40(65)22-36)27-60(28-59)34-11-5-31(6-12-34)15-18-92(85,86)89-57-44(69)23-41(66)51(75)53(77)52(76)42(67)24-45(57)70/h1-12,35-57,61-86H,13-28H2/t35-,36-,37?,38?,39+,40?,41?,42?,43?,44?,45?,46?,47-,48?,49?,50-,51+,52?,53?,54?,55?,56?,57-/m0/s1. The summed E-state index contributed by atoms with van der Waals surface area (Å²) in [7, 11) is -14.1. The summed E-state index contributed by atoms with van der Waals surface area (Å²) in [5.41, 5.74) is 3.96. The highest BCUT2D eigenvalue weighted by molar-refractivity contribution is 6.58. The lowest BCUT2D eigenvalue weighted by Crippen LogP contribution is -2.57. The summed E-state index contributed by atoms with van der Waals surface area (Å²) in [6, 6.07) is 20.2. The smallest absolute Gasteiger partial charge is 0.393 e. The molecule has 3 aliphatic carbocycles. The Morgan fingerprint density at radius 3 is 0.935 bits per heavy atom. The first-order valence-corrected chi connectivity index (χ1v) is 36.6. The van der Waals surface area contributed by atoms with Gasteiger partial charge in [-0.15, -0.1) is 0 Å². The molecule has 92 heavy (non-hydrogen) atoms. The molecule has 1 heterocycles. The van der Waals surface area contributed by atoms with Crippen molar-refractivity contribution in [1.82, 2.24) is 0 Å². The number of anilines is 3. The molecule has 1 aliphatic heterocycles. The molecule has 16 unspecified atom stereocenters. The summed E-state index contributed by atoms with van der Waals surface area (Å²) in [6.07, 6.45) is -46.4. The van der Waals surface area contributed by atoms with E-state index in [2.05, 4.69) is 0 Å². The number of aliphatic hydroxyl groups excluding tert-OH is 20. The van der Waals surface area contributed by atoms with E-state index in [1.165, 1.54) is 0 Å². The minimum absolute atomic E-state index is 0.00836. The maximum Gasteiger partial charge on any atom is 0.496 e. The molecule has 3 aromatic carbocycles. The number of hydrogen-bond acceptors (Lipinski definition) is 32. The van der Waals surface area contributed by atoms with Crippen LogP contribution in [0.15, 0.2) is 72.8 Å². The van der Waals surface area contributed by atoms with E-state index < -0.39 is 218 Å². The Labute approximate surface area is 532 Å². The minimum atomic E-state index is -4.79. The molecule has 0 amide bonds. The molecule has 4 fully saturated rings. The summed E-state index contributed by atoms with van der Waals surface area (Å²) >= 11 is 0. The maximum absolute atomic E-state index is 11.1. The van der Waals surface area contributed by atoms with Gasteiger partial charge in [-0.25, -0.2) is 0 Å². The summed E-state index contributed by atoms with van der Waals surface area (Å²) in [5.74, 6) is 0. The molecule has 0 aromatic heterocycles. The molecule has 35 heteroatoms. The van der Waals surface area contributed by atoms with E-state index in [1.54, 1.807) is 72.8 Å². The van der Waals surface area contributed by atoms with E-state index in [0.717, 1.165) is 0 Å². The van der Waals surface area contributed by atoms with Crippen LogP contribution in [0.1, 0.15) is 61.6 Å². The second kappa shape index (κ2) is 32.7. The number of aliphatic hydroxyl groups is 20. The average Bonchev–Trinajstić information content (AvgIpc) is 0.895. The Hall–Kier alpha value is -3.45. The van der Waals surface area contributed by atoms with E-state index in [4.69, 9.17) is 13.3 Å². The van der Waals surface area contributed by atoms with Crippen molar-refractivity contribution in [3.05, 3.63) is 89.5 Å². The molecule has 7 rings (SSSR count). The van der Waals surface area contributed by atoms with Crippen molar-refractivity contribution in [2.24, 2.45) is 0 Å². The van der Waals surface area contributed by atoms with Crippen LogP contribution in [-0.4, -0.2) is 318 Å². The summed E-state index contributed by atoms with van der Waals surface area (Å²) in [5, 5.41) is 209. The van der Waals surface area contributed by atoms with Gasteiger partial charge < -0.3 is 159 Å². The predicted molar refractivity (Wildman–Crippen MR) is 325 cm³/mol. The van der Waals surface area contributed by atoms with Crippen molar-refractivity contribution in [3.8, 4) is 0 Å². The number of rotatable bonds is 18. The van der Waals surface area contributed by atoms with Crippen LogP contribution >= 0.6 is 0 Å². The van der Waals surface area contributed by atoms with Gasteiger partial charge in [0.2, 0.25) is 0 Å². The second-order valence-corrected chi connectivity index (χ2v) is 31.7. The molecule has 23 atom stereocenters. The third kappa shape index (κ3) is 20.6. The zero-order chi connectivity index (χ0) is 67.9. The first-order valence-electron chi connectivity index (χ1n) is 30.5. The molecule has 32 nitrogen and oxygen atoms in total. The molecule has 3 aromatic rings. The van der Waals surface area contributed by atoms with Gasteiger partial charge in [0.1, 0.15) is 67.1 Å². The van der Waals surface area contributed by atoms with Crippen molar-refractivity contribution in [3.63, 3.8) is 0 Å². The van der Waals surface area contributed by atoms with Crippen molar-refractivity contribution < 1.29 is 144 Å². The number of nitrogens with zero attached hydrogens (tertiary/aromatic N) is 3. The number of aryl methyl sites for hydroxylation is 3. The van der Waals surface area contributed by atoms with Gasteiger partial charge in [-0.1, -0.05) is 36.4 Å². The summed E-state index contributed by atoms with van der Waals surface area (Å²) < 4.78 is 16.7. The highest BCUT2D eigenvalue weighted by atomic mass is 28.4. The Morgan fingerprint density at radius 1 is 0.293 bits per heavy atom. The fourth-order valence-electron chi connectivity index (χ4n) is 11.9. The van der Waals surface area contributed by atoms with Gasteiger partial charge in [0.15, 0.2) is 0 Å². The normalized spacial score (nSPS) is 36.6. The zero-order valence-electron chi connectivity index (χ0n) is 50.2. The fraction of sp³-hybridized carbons (Fsp3) is 0.684. The monoisotopic (exact) mass is 1370 g/mol. The van der Waals surface area contributed by atoms with Gasteiger partial charge in [-0.2, -0.15) is 0 Å². The molecule has 1 saturated heterocycles. The highest BCUT2D eigenvalue weighted by Crippen LogP contribution is 2.33. The lowest BCUT2D eigenvalue weighted by molar-refractivity contribution is -0.179. The molecule has 522 valence electrons. The van der Waals surface area contributed by atoms with Crippen molar-refractivity contribution in [1.29, 1.82) is 0 Å². The van der Waals surface area contributed by atoms with Crippen LogP contribution in [0.2, 0.25) is 18.1 Å². The first-order chi connectivity index (χ1) is 43.0. The highest BCUT2D eigenvalue weighted by Gasteiger charge is 2.48. The van der Waals surface area contributed by atoms with Crippen LogP contribution in [0.4, 0.5) is 17.1 Å². The van der Waals surface area contributed by atoms with E-state index in [0.29, 0.717) is 33.8 Å². The lowest BCUT2D eigenvalue weighted by Gasteiger charge is -2.45. The first kappa shape index (κ1) is 75.9. The third-order valence-corrected chi connectivity index (χ3v) is 22.4. The molecule has 0 bridgehead atoms. The topological polar surface area (TPSA) is 563 Å². The van der Waals surface area contributed by atoms with Gasteiger partial charge in [-0.3, -0.25) is 0 Å². The van der Waals surface area contributed by atoms with Gasteiger partial charge in [0.05, 0.1) is 93.3 Å². The molecule has 3 saturated carbocycles.